The van der Waals surface area contributed by atoms with Crippen LogP contribution in [0.1, 0.15) is 26.2 Å². The summed E-state index contributed by atoms with van der Waals surface area (Å²) in [6, 6.07) is 3.41. The van der Waals surface area contributed by atoms with Crippen LogP contribution in [0.15, 0.2) is 23.1 Å². The molecule has 118 valence electrons. The number of hydrogen-bond donors (Lipinski definition) is 1. The molecule has 7 heteroatoms. The first kappa shape index (κ1) is 16.7. The average molecular weight is 335 g/mol. The molecule has 1 aliphatic heterocycles. The fourth-order valence-corrected chi connectivity index (χ4v) is 4.75. The molecule has 0 spiro atoms. The van der Waals surface area contributed by atoms with Gasteiger partial charge in [0.05, 0.1) is 4.90 Å². The van der Waals surface area contributed by atoms with Crippen LogP contribution in [0, 0.1) is 5.82 Å². The van der Waals surface area contributed by atoms with Gasteiger partial charge in [-0.25, -0.2) is 12.8 Å². The van der Waals surface area contributed by atoms with Crippen LogP contribution in [-0.2, 0) is 10.0 Å². The molecule has 4 nitrogen and oxygen atoms in total. The van der Waals surface area contributed by atoms with Crippen molar-refractivity contribution in [3.05, 3.63) is 29.0 Å². The standard InChI is InChI=1S/C14H20ClFN2O2S/c1-2-7-18(13-3-5-17-6-4-13)21(19,20)14-9-11(15)8-12(16)10-14/h8-10,13,17H,2-7H2,1H3. The minimum absolute atomic E-state index is 0.0433. The maximum absolute atomic E-state index is 13.5. The third-order valence-electron chi connectivity index (χ3n) is 3.60. The van der Waals surface area contributed by atoms with Crippen LogP contribution in [0.2, 0.25) is 5.02 Å². The summed E-state index contributed by atoms with van der Waals surface area (Å²) in [5.41, 5.74) is 0. The first-order valence-electron chi connectivity index (χ1n) is 7.14. The van der Waals surface area contributed by atoms with Crippen LogP contribution < -0.4 is 5.32 Å². The highest BCUT2D eigenvalue weighted by molar-refractivity contribution is 7.89. The molecule has 1 aromatic carbocycles. The number of benzene rings is 1. The second-order valence-corrected chi connectivity index (χ2v) is 7.53. The zero-order chi connectivity index (χ0) is 15.5. The second-order valence-electron chi connectivity index (χ2n) is 5.20. The van der Waals surface area contributed by atoms with Crippen LogP contribution in [0.5, 0.6) is 0 Å². The van der Waals surface area contributed by atoms with Crippen LogP contribution >= 0.6 is 11.6 Å². The van der Waals surface area contributed by atoms with Crippen LogP contribution in [0.25, 0.3) is 0 Å². The normalized spacial score (nSPS) is 17.3. The van der Waals surface area contributed by atoms with Crippen LogP contribution in [-0.4, -0.2) is 38.4 Å². The number of halogens is 2. The van der Waals surface area contributed by atoms with Crippen LogP contribution in [0.3, 0.4) is 0 Å². The lowest BCUT2D eigenvalue weighted by atomic mass is 10.1. The summed E-state index contributed by atoms with van der Waals surface area (Å²) in [7, 11) is -3.73. The zero-order valence-corrected chi connectivity index (χ0v) is 13.6. The Morgan fingerprint density at radius 1 is 1.33 bits per heavy atom. The number of piperidine rings is 1. The first-order valence-corrected chi connectivity index (χ1v) is 8.95. The second kappa shape index (κ2) is 7.05. The largest absolute Gasteiger partial charge is 0.317 e. The van der Waals surface area contributed by atoms with Gasteiger partial charge in [0.2, 0.25) is 10.0 Å². The van der Waals surface area contributed by atoms with Crippen molar-refractivity contribution in [2.75, 3.05) is 19.6 Å². The maximum Gasteiger partial charge on any atom is 0.243 e. The van der Waals surface area contributed by atoms with Gasteiger partial charge >= 0.3 is 0 Å². The summed E-state index contributed by atoms with van der Waals surface area (Å²) in [4.78, 5) is -0.0699. The molecule has 21 heavy (non-hydrogen) atoms. The van der Waals surface area contributed by atoms with E-state index in [1.165, 1.54) is 10.4 Å². The predicted molar refractivity (Wildman–Crippen MR) is 81.5 cm³/mol. The highest BCUT2D eigenvalue weighted by atomic mass is 35.5. The van der Waals surface area contributed by atoms with E-state index in [1.54, 1.807) is 0 Å². The van der Waals surface area contributed by atoms with E-state index in [-0.39, 0.29) is 16.0 Å². The minimum Gasteiger partial charge on any atom is -0.317 e. The van der Waals surface area contributed by atoms with E-state index in [0.29, 0.717) is 13.0 Å². The lowest BCUT2D eigenvalue weighted by Crippen LogP contribution is -2.46. The van der Waals surface area contributed by atoms with Crippen molar-refractivity contribution in [3.8, 4) is 0 Å². The van der Waals surface area contributed by atoms with Gasteiger partial charge in [-0.15, -0.1) is 0 Å². The maximum atomic E-state index is 13.5. The Bertz CT molecular complexity index is 568. The van der Waals surface area contributed by atoms with E-state index in [9.17, 15) is 12.8 Å². The van der Waals surface area contributed by atoms with Gasteiger partial charge in [-0.2, -0.15) is 4.31 Å². The lowest BCUT2D eigenvalue weighted by Gasteiger charge is -2.33. The number of rotatable bonds is 5. The Morgan fingerprint density at radius 3 is 2.57 bits per heavy atom. The molecule has 1 heterocycles. The molecular formula is C14H20ClFN2O2S. The fraction of sp³-hybridized carbons (Fsp3) is 0.571. The van der Waals surface area contributed by atoms with Crippen molar-refractivity contribution < 1.29 is 12.8 Å². The van der Waals surface area contributed by atoms with Gasteiger partial charge in [0.15, 0.2) is 0 Å². The SMILES string of the molecule is CCCN(C1CCNCC1)S(=O)(=O)c1cc(F)cc(Cl)c1. The van der Waals surface area contributed by atoms with Gasteiger partial charge in [-0.1, -0.05) is 18.5 Å². The quantitative estimate of drug-likeness (QED) is 0.900. The van der Waals surface area contributed by atoms with Gasteiger partial charge < -0.3 is 5.32 Å². The van der Waals surface area contributed by atoms with Crippen molar-refractivity contribution >= 4 is 21.6 Å². The van der Waals surface area contributed by atoms with E-state index in [4.69, 9.17) is 11.6 Å². The van der Waals surface area contributed by atoms with Crippen molar-refractivity contribution in [2.24, 2.45) is 0 Å². The topological polar surface area (TPSA) is 49.4 Å². The number of hydrogen-bond acceptors (Lipinski definition) is 3. The van der Waals surface area contributed by atoms with Crippen molar-refractivity contribution in [2.45, 2.75) is 37.1 Å². The van der Waals surface area contributed by atoms with Crippen molar-refractivity contribution in [1.29, 1.82) is 0 Å². The summed E-state index contributed by atoms with van der Waals surface area (Å²) < 4.78 is 40.6. The molecule has 1 N–H and O–H groups in total. The molecule has 0 amide bonds. The van der Waals surface area contributed by atoms with Gasteiger partial charge in [-0.3, -0.25) is 0 Å². The van der Waals surface area contributed by atoms with Gasteiger partial charge in [0, 0.05) is 17.6 Å². The van der Waals surface area contributed by atoms with Crippen molar-refractivity contribution in [1.82, 2.24) is 9.62 Å². The van der Waals surface area contributed by atoms with E-state index < -0.39 is 15.8 Å². The molecule has 1 aromatic rings. The molecule has 1 aliphatic rings. The summed E-state index contributed by atoms with van der Waals surface area (Å²) in [6.45, 7) is 3.96. The number of nitrogens with one attached hydrogen (secondary N) is 1. The molecule has 0 saturated carbocycles. The molecule has 0 aliphatic carbocycles. The fourth-order valence-electron chi connectivity index (χ4n) is 2.63. The molecule has 0 aromatic heterocycles. The third-order valence-corrected chi connectivity index (χ3v) is 5.75. The summed E-state index contributed by atoms with van der Waals surface area (Å²) in [5.74, 6) is -0.636. The summed E-state index contributed by atoms with van der Waals surface area (Å²) in [5, 5.41) is 3.31. The Kier molecular flexibility index (Phi) is 5.60. The van der Waals surface area contributed by atoms with E-state index in [2.05, 4.69) is 5.32 Å². The Balaban J connectivity index is 2.36. The van der Waals surface area contributed by atoms with E-state index >= 15 is 0 Å². The molecule has 0 radical (unpaired) electrons. The minimum atomic E-state index is -3.73. The Labute approximate surface area is 130 Å². The molecule has 0 atom stereocenters. The highest BCUT2D eigenvalue weighted by Gasteiger charge is 2.32. The van der Waals surface area contributed by atoms with E-state index in [0.717, 1.165) is 38.1 Å². The monoisotopic (exact) mass is 334 g/mol. The number of nitrogens with zero attached hydrogens (tertiary/aromatic N) is 1. The van der Waals surface area contributed by atoms with Crippen LogP contribution in [0.4, 0.5) is 4.39 Å². The molecular weight excluding hydrogens is 315 g/mol. The van der Waals surface area contributed by atoms with E-state index in [1.807, 2.05) is 6.92 Å². The predicted octanol–water partition coefficient (Wildman–Crippen LogP) is 2.63. The number of sulfonamides is 1. The van der Waals surface area contributed by atoms with Gasteiger partial charge in [0.25, 0.3) is 0 Å². The highest BCUT2D eigenvalue weighted by Crippen LogP contribution is 2.25. The molecule has 1 saturated heterocycles. The Hall–Kier alpha value is -0.690. The lowest BCUT2D eigenvalue weighted by molar-refractivity contribution is 0.262. The smallest absolute Gasteiger partial charge is 0.243 e. The van der Waals surface area contributed by atoms with Gasteiger partial charge in [-0.05, 0) is 50.6 Å². The average Bonchev–Trinajstić information content (AvgIpc) is 2.44. The Morgan fingerprint density at radius 2 is 2.00 bits per heavy atom. The first-order chi connectivity index (χ1) is 9.95. The van der Waals surface area contributed by atoms with Gasteiger partial charge in [0.1, 0.15) is 5.82 Å². The zero-order valence-electron chi connectivity index (χ0n) is 12.0. The molecule has 2 rings (SSSR count). The van der Waals surface area contributed by atoms with Crippen molar-refractivity contribution in [3.63, 3.8) is 0 Å². The summed E-state index contributed by atoms with van der Waals surface area (Å²) >= 11 is 5.79. The summed E-state index contributed by atoms with van der Waals surface area (Å²) in [6.07, 6.45) is 2.25. The third kappa shape index (κ3) is 3.94. The molecule has 0 bridgehead atoms. The molecule has 1 fully saturated rings. The molecule has 0 unspecified atom stereocenters.